The fourth-order valence-electron chi connectivity index (χ4n) is 0.857. The van der Waals surface area contributed by atoms with Gasteiger partial charge in [-0.1, -0.05) is 12.1 Å². The van der Waals surface area contributed by atoms with Gasteiger partial charge in [0.15, 0.2) is 0 Å². The van der Waals surface area contributed by atoms with Crippen LogP contribution in [0, 0.1) is 0 Å². The molecule has 2 nitrogen and oxygen atoms in total. The zero-order chi connectivity index (χ0) is 10.2. The Morgan fingerprint density at radius 2 is 1.29 bits per heavy atom. The molecule has 0 spiro atoms. The minimum Gasteiger partial charge on any atom is -0.326 e. The van der Waals surface area contributed by atoms with Crippen LogP contribution in [0.2, 0.25) is 0 Å². The topological polar surface area (TPSA) is 52.0 Å². The standard InChI is InChI=1S/2C5H7NS/c2*6-4-5-2-1-3-7-5/h2*1-3H,4,6H2. The Kier molecular flexibility index (Phi) is 5.47. The van der Waals surface area contributed by atoms with Gasteiger partial charge in [-0.25, -0.2) is 0 Å². The highest BCUT2D eigenvalue weighted by Crippen LogP contribution is 2.05. The van der Waals surface area contributed by atoms with Crippen LogP contribution >= 0.6 is 22.7 Å². The summed E-state index contributed by atoms with van der Waals surface area (Å²) < 4.78 is 0. The molecule has 0 aliphatic carbocycles. The zero-order valence-corrected chi connectivity index (χ0v) is 9.48. The van der Waals surface area contributed by atoms with Crippen LogP contribution in [-0.2, 0) is 13.1 Å². The zero-order valence-electron chi connectivity index (χ0n) is 7.85. The van der Waals surface area contributed by atoms with Gasteiger partial charge in [-0.3, -0.25) is 0 Å². The van der Waals surface area contributed by atoms with Crippen LogP contribution in [0.3, 0.4) is 0 Å². The van der Waals surface area contributed by atoms with Crippen molar-refractivity contribution in [1.82, 2.24) is 0 Å². The van der Waals surface area contributed by atoms with Crippen molar-refractivity contribution in [1.29, 1.82) is 0 Å². The lowest BCUT2D eigenvalue weighted by atomic mass is 10.5. The summed E-state index contributed by atoms with van der Waals surface area (Å²) in [5, 5.41) is 4.06. The van der Waals surface area contributed by atoms with E-state index >= 15 is 0 Å². The van der Waals surface area contributed by atoms with Gasteiger partial charge in [-0.2, -0.15) is 0 Å². The quantitative estimate of drug-likeness (QED) is 0.826. The van der Waals surface area contributed by atoms with E-state index in [1.54, 1.807) is 22.7 Å². The molecule has 0 aliphatic heterocycles. The molecule has 0 bridgehead atoms. The van der Waals surface area contributed by atoms with Crippen molar-refractivity contribution in [2.24, 2.45) is 11.5 Å². The molecule has 2 aromatic heterocycles. The smallest absolute Gasteiger partial charge is 0.0273 e. The molecule has 0 fully saturated rings. The van der Waals surface area contributed by atoms with Crippen molar-refractivity contribution in [3.8, 4) is 0 Å². The lowest BCUT2D eigenvalue weighted by Crippen LogP contribution is -1.90. The minimum absolute atomic E-state index is 0.678. The van der Waals surface area contributed by atoms with Gasteiger partial charge in [-0.05, 0) is 22.9 Å². The summed E-state index contributed by atoms with van der Waals surface area (Å²) in [5.41, 5.74) is 10.6. The fourth-order valence-corrected chi connectivity index (χ4v) is 2.03. The number of nitrogens with two attached hydrogens (primary N) is 2. The van der Waals surface area contributed by atoms with E-state index < -0.39 is 0 Å². The molecular formula is C10H14N2S2. The normalized spacial score (nSPS) is 9.29. The SMILES string of the molecule is NCc1cccs1.NCc1cccs1. The van der Waals surface area contributed by atoms with Crippen LogP contribution in [0.25, 0.3) is 0 Å². The van der Waals surface area contributed by atoms with Crippen LogP contribution in [0.15, 0.2) is 35.0 Å². The van der Waals surface area contributed by atoms with Gasteiger partial charge in [0.05, 0.1) is 0 Å². The Balaban J connectivity index is 0.000000140. The van der Waals surface area contributed by atoms with Crippen LogP contribution in [0.1, 0.15) is 9.75 Å². The summed E-state index contributed by atoms with van der Waals surface area (Å²) >= 11 is 3.40. The molecule has 2 heterocycles. The van der Waals surface area contributed by atoms with Crippen LogP contribution in [-0.4, -0.2) is 0 Å². The molecule has 0 amide bonds. The molecule has 4 heteroatoms. The largest absolute Gasteiger partial charge is 0.326 e. The highest BCUT2D eigenvalue weighted by molar-refractivity contribution is 7.10. The molecule has 14 heavy (non-hydrogen) atoms. The highest BCUT2D eigenvalue weighted by atomic mass is 32.1. The van der Waals surface area contributed by atoms with Gasteiger partial charge in [0.2, 0.25) is 0 Å². The summed E-state index contributed by atoms with van der Waals surface area (Å²) in [5.74, 6) is 0. The molecule has 0 saturated heterocycles. The lowest BCUT2D eigenvalue weighted by molar-refractivity contribution is 1.11. The van der Waals surface area contributed by atoms with Gasteiger partial charge < -0.3 is 11.5 Å². The molecule has 2 rings (SSSR count). The van der Waals surface area contributed by atoms with Crippen molar-refractivity contribution in [3.63, 3.8) is 0 Å². The van der Waals surface area contributed by atoms with E-state index in [0.29, 0.717) is 13.1 Å². The second kappa shape index (κ2) is 6.73. The van der Waals surface area contributed by atoms with Crippen molar-refractivity contribution in [2.45, 2.75) is 13.1 Å². The van der Waals surface area contributed by atoms with E-state index in [4.69, 9.17) is 11.5 Å². The average molecular weight is 226 g/mol. The summed E-state index contributed by atoms with van der Waals surface area (Å²) in [4.78, 5) is 2.50. The number of thiophene rings is 2. The average Bonchev–Trinajstić information content (AvgIpc) is 2.92. The first kappa shape index (κ1) is 11.4. The third-order valence-electron chi connectivity index (χ3n) is 1.56. The molecule has 2 aromatic rings. The van der Waals surface area contributed by atoms with Crippen molar-refractivity contribution in [3.05, 3.63) is 44.8 Å². The van der Waals surface area contributed by atoms with Crippen molar-refractivity contribution < 1.29 is 0 Å². The maximum Gasteiger partial charge on any atom is 0.0273 e. The molecule has 0 aromatic carbocycles. The second-order valence-corrected chi connectivity index (χ2v) is 4.63. The van der Waals surface area contributed by atoms with Gasteiger partial charge in [-0.15, -0.1) is 22.7 Å². The van der Waals surface area contributed by atoms with Gasteiger partial charge in [0, 0.05) is 22.8 Å². The Morgan fingerprint density at radius 3 is 1.43 bits per heavy atom. The predicted octanol–water partition coefficient (Wildman–Crippen LogP) is 2.41. The number of hydrogen-bond acceptors (Lipinski definition) is 4. The Morgan fingerprint density at radius 1 is 0.857 bits per heavy atom. The molecule has 4 N–H and O–H groups in total. The van der Waals surface area contributed by atoms with Crippen molar-refractivity contribution in [2.75, 3.05) is 0 Å². The number of hydrogen-bond donors (Lipinski definition) is 2. The van der Waals surface area contributed by atoms with E-state index in [2.05, 4.69) is 0 Å². The lowest BCUT2D eigenvalue weighted by Gasteiger charge is -1.79. The van der Waals surface area contributed by atoms with Gasteiger partial charge in [0.25, 0.3) is 0 Å². The fraction of sp³-hybridized carbons (Fsp3) is 0.200. The molecule has 0 saturated carbocycles. The molecule has 0 radical (unpaired) electrons. The second-order valence-electron chi connectivity index (χ2n) is 2.57. The molecule has 0 aliphatic rings. The first-order chi connectivity index (χ1) is 6.86. The Labute approximate surface area is 92.2 Å². The highest BCUT2D eigenvalue weighted by Gasteiger charge is 1.83. The van der Waals surface area contributed by atoms with E-state index in [1.807, 2.05) is 35.0 Å². The Bertz CT molecular complexity index is 280. The van der Waals surface area contributed by atoms with Crippen LogP contribution < -0.4 is 11.5 Å². The van der Waals surface area contributed by atoms with E-state index in [0.717, 1.165) is 0 Å². The summed E-state index contributed by atoms with van der Waals surface area (Å²) in [6.45, 7) is 1.36. The maximum atomic E-state index is 5.30. The first-order valence-corrected chi connectivity index (χ1v) is 6.07. The summed E-state index contributed by atoms with van der Waals surface area (Å²) in [6, 6.07) is 8.08. The molecule has 0 atom stereocenters. The van der Waals surface area contributed by atoms with E-state index in [1.165, 1.54) is 9.75 Å². The predicted molar refractivity (Wildman–Crippen MR) is 64.4 cm³/mol. The minimum atomic E-state index is 0.678. The van der Waals surface area contributed by atoms with E-state index in [-0.39, 0.29) is 0 Å². The Hall–Kier alpha value is -0.680. The van der Waals surface area contributed by atoms with Crippen molar-refractivity contribution >= 4 is 22.7 Å². The monoisotopic (exact) mass is 226 g/mol. The molecule has 76 valence electrons. The van der Waals surface area contributed by atoms with E-state index in [9.17, 15) is 0 Å². The maximum absolute atomic E-state index is 5.30. The third kappa shape index (κ3) is 4.02. The molecule has 0 unspecified atom stereocenters. The first-order valence-electron chi connectivity index (χ1n) is 4.31. The van der Waals surface area contributed by atoms with Crippen LogP contribution in [0.5, 0.6) is 0 Å². The molecular weight excluding hydrogens is 212 g/mol. The summed E-state index contributed by atoms with van der Waals surface area (Å²) in [7, 11) is 0. The van der Waals surface area contributed by atoms with Gasteiger partial charge >= 0.3 is 0 Å². The number of rotatable bonds is 2. The van der Waals surface area contributed by atoms with Gasteiger partial charge in [0.1, 0.15) is 0 Å². The summed E-state index contributed by atoms with van der Waals surface area (Å²) in [6.07, 6.45) is 0. The third-order valence-corrected chi connectivity index (χ3v) is 3.36. The van der Waals surface area contributed by atoms with Crippen LogP contribution in [0.4, 0.5) is 0 Å².